The van der Waals surface area contributed by atoms with Crippen molar-refractivity contribution in [2.24, 2.45) is 0 Å². The highest BCUT2D eigenvalue weighted by molar-refractivity contribution is 9.10. The molecule has 0 unspecified atom stereocenters. The molecule has 1 aromatic heterocycles. The predicted molar refractivity (Wildman–Crippen MR) is 59.2 cm³/mol. The summed E-state index contributed by atoms with van der Waals surface area (Å²) in [5.41, 5.74) is 0.919. The summed E-state index contributed by atoms with van der Waals surface area (Å²) >= 11 is 3.45. The lowest BCUT2D eigenvalue weighted by atomic mass is 10.4. The summed E-state index contributed by atoms with van der Waals surface area (Å²) in [6.07, 6.45) is 0. The first kappa shape index (κ1) is 11.4. The Balaban J connectivity index is 3.18. The number of anilines is 1. The van der Waals surface area contributed by atoms with Gasteiger partial charge in [0, 0.05) is 6.54 Å². The van der Waals surface area contributed by atoms with Crippen molar-refractivity contribution in [3.05, 3.63) is 16.0 Å². The topological polar surface area (TPSA) is 38.2 Å². The van der Waals surface area contributed by atoms with Gasteiger partial charge in [-0.3, -0.25) is 4.84 Å². The Labute approximate surface area is 92.4 Å². The van der Waals surface area contributed by atoms with Crippen LogP contribution in [0.15, 0.2) is 4.47 Å². The second-order valence-corrected chi connectivity index (χ2v) is 3.66. The first-order chi connectivity index (χ1) is 6.60. The molecule has 1 rings (SSSR count). The Kier molecular flexibility index (Phi) is 3.83. The molecule has 78 valence electrons. The lowest BCUT2D eigenvalue weighted by Gasteiger charge is -2.20. The van der Waals surface area contributed by atoms with Crippen molar-refractivity contribution < 1.29 is 4.84 Å². The maximum atomic E-state index is 5.19. The van der Waals surface area contributed by atoms with Crippen molar-refractivity contribution in [1.29, 1.82) is 0 Å². The number of halogens is 1. The van der Waals surface area contributed by atoms with Gasteiger partial charge in [-0.15, -0.1) is 0 Å². The summed E-state index contributed by atoms with van der Waals surface area (Å²) in [7, 11) is 1.63. The van der Waals surface area contributed by atoms with Gasteiger partial charge in [0.2, 0.25) is 0 Å². The van der Waals surface area contributed by atoms with E-state index in [2.05, 4.69) is 25.9 Å². The Bertz CT molecular complexity index is 326. The minimum atomic E-state index is 0.741. The number of aryl methyl sites for hydroxylation is 2. The average Bonchev–Trinajstić information content (AvgIpc) is 2.15. The zero-order chi connectivity index (χ0) is 10.7. The zero-order valence-corrected chi connectivity index (χ0v) is 10.4. The van der Waals surface area contributed by atoms with Crippen LogP contribution >= 0.6 is 15.9 Å². The summed E-state index contributed by atoms with van der Waals surface area (Å²) in [6.45, 7) is 6.55. The fourth-order valence-corrected chi connectivity index (χ4v) is 1.59. The number of nitrogens with zero attached hydrogens (tertiary/aromatic N) is 3. The number of hydrogen-bond donors (Lipinski definition) is 0. The van der Waals surface area contributed by atoms with Crippen LogP contribution in [0.4, 0.5) is 5.82 Å². The van der Waals surface area contributed by atoms with Gasteiger partial charge in [-0.25, -0.2) is 15.0 Å². The number of rotatable bonds is 3. The van der Waals surface area contributed by atoms with Gasteiger partial charge >= 0.3 is 0 Å². The van der Waals surface area contributed by atoms with Crippen LogP contribution in [0.3, 0.4) is 0 Å². The fraction of sp³-hybridized carbons (Fsp3) is 0.556. The highest BCUT2D eigenvalue weighted by atomic mass is 79.9. The van der Waals surface area contributed by atoms with Crippen LogP contribution in [0.5, 0.6) is 0 Å². The third-order valence-corrected chi connectivity index (χ3v) is 2.78. The summed E-state index contributed by atoms with van der Waals surface area (Å²) in [5, 5.41) is 1.71. The molecule has 0 atom stereocenters. The molecule has 1 aromatic rings. The van der Waals surface area contributed by atoms with E-state index in [1.807, 2.05) is 20.8 Å². The standard InChI is InChI=1S/C9H14BrN3O/c1-5-13(14-4)9-8(10)6(2)11-7(3)12-9/h5H2,1-4H3. The summed E-state index contributed by atoms with van der Waals surface area (Å²) < 4.78 is 0.881. The molecule has 0 aliphatic rings. The molecule has 0 fully saturated rings. The molecular formula is C9H14BrN3O. The van der Waals surface area contributed by atoms with Crippen molar-refractivity contribution >= 4 is 21.7 Å². The van der Waals surface area contributed by atoms with Gasteiger partial charge < -0.3 is 0 Å². The van der Waals surface area contributed by atoms with Crippen LogP contribution in [0.2, 0.25) is 0 Å². The van der Waals surface area contributed by atoms with E-state index in [1.54, 1.807) is 12.2 Å². The van der Waals surface area contributed by atoms with E-state index >= 15 is 0 Å². The van der Waals surface area contributed by atoms with Crippen LogP contribution in [-0.4, -0.2) is 23.6 Å². The zero-order valence-electron chi connectivity index (χ0n) is 8.83. The molecule has 5 heteroatoms. The van der Waals surface area contributed by atoms with Gasteiger partial charge in [-0.05, 0) is 36.7 Å². The van der Waals surface area contributed by atoms with Crippen molar-refractivity contribution in [3.63, 3.8) is 0 Å². The number of aromatic nitrogens is 2. The third kappa shape index (κ3) is 2.22. The van der Waals surface area contributed by atoms with Gasteiger partial charge in [-0.1, -0.05) is 0 Å². The first-order valence-corrected chi connectivity index (χ1v) is 5.21. The van der Waals surface area contributed by atoms with Crippen LogP contribution < -0.4 is 5.06 Å². The monoisotopic (exact) mass is 259 g/mol. The Morgan fingerprint density at radius 1 is 1.36 bits per heavy atom. The van der Waals surface area contributed by atoms with Crippen LogP contribution in [0.1, 0.15) is 18.4 Å². The lowest BCUT2D eigenvalue weighted by molar-refractivity contribution is 0.168. The largest absolute Gasteiger partial charge is 0.275 e. The van der Waals surface area contributed by atoms with Gasteiger partial charge in [-0.2, -0.15) is 0 Å². The van der Waals surface area contributed by atoms with E-state index < -0.39 is 0 Å². The van der Waals surface area contributed by atoms with Gasteiger partial charge in [0.05, 0.1) is 17.3 Å². The molecule has 1 heterocycles. The maximum Gasteiger partial charge on any atom is 0.170 e. The molecule has 0 saturated heterocycles. The molecule has 0 saturated carbocycles. The molecule has 0 spiro atoms. The van der Waals surface area contributed by atoms with Crippen molar-refractivity contribution in [2.75, 3.05) is 18.7 Å². The third-order valence-electron chi connectivity index (χ3n) is 1.86. The Morgan fingerprint density at radius 2 is 2.00 bits per heavy atom. The molecule has 0 bridgehead atoms. The molecule has 0 aliphatic carbocycles. The highest BCUT2D eigenvalue weighted by Gasteiger charge is 2.13. The van der Waals surface area contributed by atoms with Crippen LogP contribution in [0.25, 0.3) is 0 Å². The summed E-state index contributed by atoms with van der Waals surface area (Å²) in [5.74, 6) is 1.52. The van der Waals surface area contributed by atoms with Gasteiger partial charge in [0.25, 0.3) is 0 Å². The van der Waals surface area contributed by atoms with Gasteiger partial charge in [0.15, 0.2) is 5.82 Å². The molecule has 0 amide bonds. The molecule has 14 heavy (non-hydrogen) atoms. The lowest BCUT2D eigenvalue weighted by Crippen LogP contribution is -2.23. The minimum Gasteiger partial charge on any atom is -0.275 e. The van der Waals surface area contributed by atoms with E-state index in [-0.39, 0.29) is 0 Å². The average molecular weight is 260 g/mol. The van der Waals surface area contributed by atoms with E-state index in [1.165, 1.54) is 0 Å². The maximum absolute atomic E-state index is 5.19. The van der Waals surface area contributed by atoms with Crippen LogP contribution in [-0.2, 0) is 4.84 Å². The molecular weight excluding hydrogens is 246 g/mol. The second kappa shape index (κ2) is 4.70. The normalized spacial score (nSPS) is 10.4. The second-order valence-electron chi connectivity index (χ2n) is 2.87. The van der Waals surface area contributed by atoms with Crippen molar-refractivity contribution in [3.8, 4) is 0 Å². The van der Waals surface area contributed by atoms with E-state index in [4.69, 9.17) is 4.84 Å². The minimum absolute atomic E-state index is 0.741. The quantitative estimate of drug-likeness (QED) is 0.781. The van der Waals surface area contributed by atoms with E-state index in [9.17, 15) is 0 Å². The highest BCUT2D eigenvalue weighted by Crippen LogP contribution is 2.26. The Hall–Kier alpha value is -0.680. The predicted octanol–water partition coefficient (Wildman–Crippen LogP) is 2.24. The van der Waals surface area contributed by atoms with Crippen molar-refractivity contribution in [2.45, 2.75) is 20.8 Å². The Morgan fingerprint density at radius 3 is 2.50 bits per heavy atom. The van der Waals surface area contributed by atoms with Crippen molar-refractivity contribution in [1.82, 2.24) is 9.97 Å². The summed E-state index contributed by atoms with van der Waals surface area (Å²) in [6, 6.07) is 0. The summed E-state index contributed by atoms with van der Waals surface area (Å²) in [4.78, 5) is 13.8. The molecule has 0 N–H and O–H groups in total. The molecule has 4 nitrogen and oxygen atoms in total. The van der Waals surface area contributed by atoms with E-state index in [0.29, 0.717) is 0 Å². The molecule has 0 aliphatic heterocycles. The van der Waals surface area contributed by atoms with Crippen LogP contribution in [0, 0.1) is 13.8 Å². The molecule has 0 radical (unpaired) electrons. The molecule has 0 aromatic carbocycles. The van der Waals surface area contributed by atoms with E-state index in [0.717, 1.165) is 28.4 Å². The smallest absolute Gasteiger partial charge is 0.170 e. The fourth-order valence-electron chi connectivity index (χ4n) is 1.21. The van der Waals surface area contributed by atoms with Gasteiger partial charge in [0.1, 0.15) is 5.82 Å². The first-order valence-electron chi connectivity index (χ1n) is 4.42. The number of hydrogen-bond acceptors (Lipinski definition) is 4. The number of hydroxylamine groups is 1. The SMILES string of the molecule is CCN(OC)c1nc(C)nc(C)c1Br.